The standard InChI is InChI=1S/C23H27N5O/c1-23(2,3)18-5-7-19(8-6-18)26-22-25-15-11-20(27-22)21(29)28(4)16-12-17-9-13-24-14-10-17/h5-11,13-15H,12,16H2,1-4H3,(H,25,26,27). The zero-order chi connectivity index (χ0) is 20.9. The molecule has 0 aliphatic heterocycles. The van der Waals surface area contributed by atoms with E-state index in [1.807, 2.05) is 24.3 Å². The van der Waals surface area contributed by atoms with Gasteiger partial charge in [-0.3, -0.25) is 9.78 Å². The highest BCUT2D eigenvalue weighted by Gasteiger charge is 2.15. The van der Waals surface area contributed by atoms with Crippen molar-refractivity contribution >= 4 is 17.5 Å². The number of nitrogens with one attached hydrogen (secondary N) is 1. The van der Waals surface area contributed by atoms with Crippen LogP contribution in [-0.2, 0) is 11.8 Å². The molecule has 0 saturated heterocycles. The number of hydrogen-bond donors (Lipinski definition) is 1. The third-order valence-corrected chi connectivity index (χ3v) is 4.71. The number of likely N-dealkylation sites (N-methyl/N-ethyl adjacent to an activating group) is 1. The van der Waals surface area contributed by atoms with Gasteiger partial charge in [0.2, 0.25) is 5.95 Å². The normalized spacial score (nSPS) is 11.2. The number of carbonyl (C=O) groups excluding carboxylic acids is 1. The van der Waals surface area contributed by atoms with E-state index in [2.05, 4.69) is 53.2 Å². The van der Waals surface area contributed by atoms with E-state index in [0.717, 1.165) is 17.7 Å². The number of carbonyl (C=O) groups is 1. The molecule has 0 spiro atoms. The summed E-state index contributed by atoms with van der Waals surface area (Å²) in [5.74, 6) is 0.273. The summed E-state index contributed by atoms with van der Waals surface area (Å²) < 4.78 is 0. The number of pyridine rings is 1. The van der Waals surface area contributed by atoms with Crippen molar-refractivity contribution in [2.45, 2.75) is 32.6 Å². The van der Waals surface area contributed by atoms with Crippen LogP contribution in [0.1, 0.15) is 42.4 Å². The van der Waals surface area contributed by atoms with Gasteiger partial charge in [-0.1, -0.05) is 32.9 Å². The lowest BCUT2D eigenvalue weighted by atomic mass is 9.87. The molecule has 0 aliphatic carbocycles. The maximum Gasteiger partial charge on any atom is 0.272 e. The molecule has 0 atom stereocenters. The average Bonchev–Trinajstić information content (AvgIpc) is 2.72. The summed E-state index contributed by atoms with van der Waals surface area (Å²) in [6, 6.07) is 13.7. The van der Waals surface area contributed by atoms with Crippen molar-refractivity contribution < 1.29 is 4.79 Å². The molecule has 0 saturated carbocycles. The van der Waals surface area contributed by atoms with E-state index in [9.17, 15) is 4.79 Å². The first-order chi connectivity index (χ1) is 13.8. The van der Waals surface area contributed by atoms with Gasteiger partial charge in [0, 0.05) is 37.9 Å². The quantitative estimate of drug-likeness (QED) is 0.683. The van der Waals surface area contributed by atoms with Gasteiger partial charge in [0.1, 0.15) is 5.69 Å². The van der Waals surface area contributed by atoms with Crippen LogP contribution in [0.15, 0.2) is 61.1 Å². The monoisotopic (exact) mass is 389 g/mol. The van der Waals surface area contributed by atoms with Crippen molar-refractivity contribution in [2.75, 3.05) is 18.9 Å². The van der Waals surface area contributed by atoms with Crippen LogP contribution < -0.4 is 5.32 Å². The van der Waals surface area contributed by atoms with Gasteiger partial charge < -0.3 is 10.2 Å². The first-order valence-corrected chi connectivity index (χ1v) is 9.68. The molecule has 1 N–H and O–H groups in total. The Morgan fingerprint density at radius 2 is 1.69 bits per heavy atom. The van der Waals surface area contributed by atoms with Gasteiger partial charge in [0.25, 0.3) is 5.91 Å². The number of anilines is 2. The van der Waals surface area contributed by atoms with Crippen LogP contribution in [0, 0.1) is 0 Å². The Kier molecular flexibility index (Phi) is 6.22. The molecule has 0 fully saturated rings. The smallest absolute Gasteiger partial charge is 0.272 e. The zero-order valence-electron chi connectivity index (χ0n) is 17.4. The zero-order valence-corrected chi connectivity index (χ0v) is 17.4. The molecule has 1 amide bonds. The van der Waals surface area contributed by atoms with Gasteiger partial charge in [0.15, 0.2) is 0 Å². The molecule has 0 unspecified atom stereocenters. The first kappa shape index (κ1) is 20.5. The number of nitrogens with zero attached hydrogens (tertiary/aromatic N) is 4. The first-order valence-electron chi connectivity index (χ1n) is 9.68. The van der Waals surface area contributed by atoms with Gasteiger partial charge in [-0.25, -0.2) is 9.97 Å². The number of aromatic nitrogens is 3. The summed E-state index contributed by atoms with van der Waals surface area (Å²) in [5, 5.41) is 3.17. The van der Waals surface area contributed by atoms with Gasteiger partial charge in [-0.15, -0.1) is 0 Å². The number of hydrogen-bond acceptors (Lipinski definition) is 5. The van der Waals surface area contributed by atoms with E-state index in [4.69, 9.17) is 0 Å². The molecule has 0 radical (unpaired) electrons. The fourth-order valence-corrected chi connectivity index (χ4v) is 2.86. The molecular formula is C23H27N5O. The lowest BCUT2D eigenvalue weighted by molar-refractivity contribution is 0.0791. The second-order valence-corrected chi connectivity index (χ2v) is 8.05. The van der Waals surface area contributed by atoms with E-state index in [0.29, 0.717) is 18.2 Å². The minimum absolute atomic E-state index is 0.0994. The second-order valence-electron chi connectivity index (χ2n) is 8.05. The minimum atomic E-state index is -0.132. The Morgan fingerprint density at radius 3 is 2.34 bits per heavy atom. The van der Waals surface area contributed by atoms with Crippen LogP contribution in [0.3, 0.4) is 0 Å². The van der Waals surface area contributed by atoms with E-state index in [1.165, 1.54) is 5.56 Å². The highest BCUT2D eigenvalue weighted by atomic mass is 16.2. The van der Waals surface area contributed by atoms with Crippen molar-refractivity contribution in [3.8, 4) is 0 Å². The highest BCUT2D eigenvalue weighted by molar-refractivity contribution is 5.92. The Hall–Kier alpha value is -3.28. The van der Waals surface area contributed by atoms with Crippen LogP contribution in [0.4, 0.5) is 11.6 Å². The summed E-state index contributed by atoms with van der Waals surface area (Å²) in [6.07, 6.45) is 5.88. The fourth-order valence-electron chi connectivity index (χ4n) is 2.86. The maximum atomic E-state index is 12.7. The van der Waals surface area contributed by atoms with E-state index in [-0.39, 0.29) is 11.3 Å². The Morgan fingerprint density at radius 1 is 1.00 bits per heavy atom. The number of benzene rings is 1. The Balaban J connectivity index is 1.64. The Labute approximate surface area is 172 Å². The molecule has 3 aromatic rings. The van der Waals surface area contributed by atoms with Crippen molar-refractivity contribution in [1.29, 1.82) is 0 Å². The van der Waals surface area contributed by atoms with E-state index < -0.39 is 0 Å². The molecular weight excluding hydrogens is 362 g/mol. The molecule has 6 nitrogen and oxygen atoms in total. The van der Waals surface area contributed by atoms with Crippen LogP contribution in [-0.4, -0.2) is 39.4 Å². The summed E-state index contributed by atoms with van der Waals surface area (Å²) >= 11 is 0. The predicted octanol–water partition coefficient (Wildman–Crippen LogP) is 4.23. The molecule has 0 bridgehead atoms. The van der Waals surface area contributed by atoms with Crippen molar-refractivity contribution in [1.82, 2.24) is 19.9 Å². The summed E-state index contributed by atoms with van der Waals surface area (Å²) in [4.78, 5) is 27.0. The summed E-state index contributed by atoms with van der Waals surface area (Å²) in [7, 11) is 1.78. The number of rotatable bonds is 6. The van der Waals surface area contributed by atoms with Gasteiger partial charge in [0.05, 0.1) is 0 Å². The van der Waals surface area contributed by atoms with E-state index >= 15 is 0 Å². The number of amides is 1. The summed E-state index contributed by atoms with van der Waals surface area (Å²) in [6.45, 7) is 7.14. The van der Waals surface area contributed by atoms with Crippen LogP contribution in [0.25, 0.3) is 0 Å². The van der Waals surface area contributed by atoms with E-state index in [1.54, 1.807) is 36.6 Å². The SMILES string of the molecule is CN(CCc1ccncc1)C(=O)c1ccnc(Nc2ccc(C(C)(C)C)cc2)n1. The van der Waals surface area contributed by atoms with Gasteiger partial charge >= 0.3 is 0 Å². The van der Waals surface area contributed by atoms with Crippen LogP contribution >= 0.6 is 0 Å². The molecule has 150 valence electrons. The largest absolute Gasteiger partial charge is 0.340 e. The predicted molar refractivity (Wildman–Crippen MR) is 115 cm³/mol. The molecule has 0 aliphatic rings. The molecule has 2 aromatic heterocycles. The minimum Gasteiger partial charge on any atom is -0.340 e. The topological polar surface area (TPSA) is 71.0 Å². The molecule has 1 aromatic carbocycles. The third-order valence-electron chi connectivity index (χ3n) is 4.71. The van der Waals surface area contributed by atoms with Crippen LogP contribution in [0.2, 0.25) is 0 Å². The van der Waals surface area contributed by atoms with Crippen LogP contribution in [0.5, 0.6) is 0 Å². The molecule has 6 heteroatoms. The van der Waals surface area contributed by atoms with Gasteiger partial charge in [-0.2, -0.15) is 0 Å². The van der Waals surface area contributed by atoms with Crippen molar-refractivity contribution in [3.05, 3.63) is 77.9 Å². The molecule has 29 heavy (non-hydrogen) atoms. The van der Waals surface area contributed by atoms with Gasteiger partial charge in [-0.05, 0) is 53.3 Å². The van der Waals surface area contributed by atoms with Crippen molar-refractivity contribution in [3.63, 3.8) is 0 Å². The third kappa shape index (κ3) is 5.60. The van der Waals surface area contributed by atoms with Crippen molar-refractivity contribution in [2.24, 2.45) is 0 Å². The maximum absolute atomic E-state index is 12.7. The lowest BCUT2D eigenvalue weighted by Crippen LogP contribution is -2.29. The second kappa shape index (κ2) is 8.82. The highest BCUT2D eigenvalue weighted by Crippen LogP contribution is 2.24. The Bertz CT molecular complexity index is 949. The summed E-state index contributed by atoms with van der Waals surface area (Å²) in [5.41, 5.74) is 3.74. The molecule has 2 heterocycles. The fraction of sp³-hybridized carbons (Fsp3) is 0.304. The molecule has 3 rings (SSSR count). The average molecular weight is 390 g/mol. The lowest BCUT2D eigenvalue weighted by Gasteiger charge is -2.19.